The van der Waals surface area contributed by atoms with Gasteiger partial charge in [-0.25, -0.2) is 0 Å². The van der Waals surface area contributed by atoms with Crippen molar-refractivity contribution in [3.05, 3.63) is 114 Å². The average molecular weight is 421 g/mol. The number of allylic oxidation sites excluding steroid dienone is 1. The number of benzene rings is 2. The maximum atomic E-state index is 4.54. The van der Waals surface area contributed by atoms with E-state index in [4.69, 9.17) is 0 Å². The number of rotatable bonds is 4. The van der Waals surface area contributed by atoms with Gasteiger partial charge in [-0.3, -0.25) is 9.97 Å². The lowest BCUT2D eigenvalue weighted by Gasteiger charge is -2.26. The Kier molecular flexibility index (Phi) is 6.36. The molecule has 0 fully saturated rings. The summed E-state index contributed by atoms with van der Waals surface area (Å²) in [5.74, 6) is 0.572. The van der Waals surface area contributed by atoms with Gasteiger partial charge in [0.2, 0.25) is 0 Å². The molecule has 2 aromatic carbocycles. The summed E-state index contributed by atoms with van der Waals surface area (Å²) in [6.45, 7) is 4.54. The van der Waals surface area contributed by atoms with Gasteiger partial charge in [-0.15, -0.1) is 24.8 Å². The Morgan fingerprint density at radius 3 is 2.10 bits per heavy atom. The Morgan fingerprint density at radius 1 is 0.793 bits per heavy atom. The highest BCUT2D eigenvalue weighted by Gasteiger charge is 2.34. The molecule has 1 aliphatic rings. The Hall–Kier alpha value is -2.68. The van der Waals surface area contributed by atoms with Crippen LogP contribution in [0, 0.1) is 0 Å². The summed E-state index contributed by atoms with van der Waals surface area (Å²) in [5, 5.41) is 2.66. The van der Waals surface area contributed by atoms with Gasteiger partial charge < -0.3 is 0 Å². The summed E-state index contributed by atoms with van der Waals surface area (Å²) in [7, 11) is 0. The normalized spacial score (nSPS) is 15.4. The molecule has 2 unspecified atom stereocenters. The largest absolute Gasteiger partial charge is 0.265 e. The summed E-state index contributed by atoms with van der Waals surface area (Å²) >= 11 is 0. The molecule has 0 amide bonds. The Morgan fingerprint density at radius 2 is 1.41 bits per heavy atom. The summed E-state index contributed by atoms with van der Waals surface area (Å²) in [6.07, 6.45) is 8.47. The number of hydrogen-bond donors (Lipinski definition) is 0. The van der Waals surface area contributed by atoms with E-state index in [1.807, 2.05) is 24.8 Å². The highest BCUT2D eigenvalue weighted by atomic mass is 35.5. The fourth-order valence-electron chi connectivity index (χ4n) is 4.52. The van der Waals surface area contributed by atoms with Crippen molar-refractivity contribution >= 4 is 41.2 Å². The molecule has 4 aromatic rings. The molecule has 0 spiro atoms. The van der Waals surface area contributed by atoms with Crippen molar-refractivity contribution in [2.75, 3.05) is 0 Å². The lowest BCUT2D eigenvalue weighted by atomic mass is 9.77. The fraction of sp³-hybridized carbons (Fsp3) is 0.120. The molecule has 0 bridgehead atoms. The van der Waals surface area contributed by atoms with Crippen molar-refractivity contribution in [2.45, 2.75) is 18.3 Å². The third kappa shape index (κ3) is 3.66. The van der Waals surface area contributed by atoms with Gasteiger partial charge in [-0.05, 0) is 75.2 Å². The van der Waals surface area contributed by atoms with Gasteiger partial charge >= 0.3 is 0 Å². The molecule has 0 aliphatic heterocycles. The number of hydrogen-bond acceptors (Lipinski definition) is 2. The molecule has 0 saturated heterocycles. The molecule has 2 nitrogen and oxygen atoms in total. The lowest BCUT2D eigenvalue weighted by Crippen LogP contribution is -2.13. The van der Waals surface area contributed by atoms with E-state index in [1.165, 1.54) is 38.6 Å². The van der Waals surface area contributed by atoms with Crippen LogP contribution in [0.5, 0.6) is 0 Å². The van der Waals surface area contributed by atoms with Crippen LogP contribution in [0.3, 0.4) is 0 Å². The zero-order valence-corrected chi connectivity index (χ0v) is 17.5. The van der Waals surface area contributed by atoms with E-state index in [-0.39, 0.29) is 30.7 Å². The van der Waals surface area contributed by atoms with Gasteiger partial charge in [0.25, 0.3) is 0 Å². The summed E-state index contributed by atoms with van der Waals surface area (Å²) < 4.78 is 0. The van der Waals surface area contributed by atoms with Crippen LogP contribution in [-0.2, 0) is 6.42 Å². The lowest BCUT2D eigenvalue weighted by molar-refractivity contribution is 0.634. The first-order valence-corrected chi connectivity index (χ1v) is 9.32. The molecule has 0 N–H and O–H groups in total. The van der Waals surface area contributed by atoms with Gasteiger partial charge in [0.15, 0.2) is 0 Å². The highest BCUT2D eigenvalue weighted by molar-refractivity contribution is 6.03. The fourth-order valence-corrected chi connectivity index (χ4v) is 4.52. The van der Waals surface area contributed by atoms with Crippen molar-refractivity contribution in [1.82, 2.24) is 9.97 Å². The minimum absolute atomic E-state index is 0. The SMILES string of the molecule is C=C1c2cccc3cccc(c23)C1C(Cc1ccncc1)c1ccncc1.Cl.Cl. The second kappa shape index (κ2) is 8.77. The summed E-state index contributed by atoms with van der Waals surface area (Å²) in [4.78, 5) is 8.40. The summed E-state index contributed by atoms with van der Waals surface area (Å²) in [5.41, 5.74) is 6.50. The monoisotopic (exact) mass is 420 g/mol. The Bertz CT molecular complexity index is 1120. The van der Waals surface area contributed by atoms with Gasteiger partial charge in [0.1, 0.15) is 0 Å². The molecule has 5 rings (SSSR count). The van der Waals surface area contributed by atoms with E-state index in [2.05, 4.69) is 77.2 Å². The van der Waals surface area contributed by atoms with E-state index >= 15 is 0 Å². The third-order valence-electron chi connectivity index (χ3n) is 5.73. The quantitative estimate of drug-likeness (QED) is 0.371. The van der Waals surface area contributed by atoms with E-state index in [0.29, 0.717) is 5.92 Å². The number of pyridine rings is 2. The smallest absolute Gasteiger partial charge is 0.0270 e. The number of aromatic nitrogens is 2. The van der Waals surface area contributed by atoms with Gasteiger partial charge in [0.05, 0.1) is 0 Å². The van der Waals surface area contributed by atoms with Gasteiger partial charge in [-0.1, -0.05) is 43.0 Å². The molecule has 0 radical (unpaired) electrons. The molecule has 146 valence electrons. The van der Waals surface area contributed by atoms with Crippen LogP contribution < -0.4 is 0 Å². The first kappa shape index (κ1) is 21.0. The Balaban J connectivity index is 0.00000120. The second-order valence-electron chi connectivity index (χ2n) is 7.20. The molecule has 1 aliphatic carbocycles. The average Bonchev–Trinajstić information content (AvgIpc) is 3.02. The topological polar surface area (TPSA) is 25.8 Å². The third-order valence-corrected chi connectivity index (χ3v) is 5.73. The first-order valence-electron chi connectivity index (χ1n) is 9.32. The van der Waals surface area contributed by atoms with Crippen molar-refractivity contribution in [1.29, 1.82) is 0 Å². The van der Waals surface area contributed by atoms with E-state index in [9.17, 15) is 0 Å². The molecule has 2 aromatic heterocycles. The van der Waals surface area contributed by atoms with E-state index in [0.717, 1.165) is 6.42 Å². The Labute approximate surface area is 183 Å². The first-order chi connectivity index (χ1) is 13.3. The number of halogens is 2. The van der Waals surface area contributed by atoms with Crippen molar-refractivity contribution in [3.63, 3.8) is 0 Å². The van der Waals surface area contributed by atoms with Gasteiger partial charge in [-0.2, -0.15) is 0 Å². The predicted molar refractivity (Wildman–Crippen MR) is 125 cm³/mol. The molecule has 4 heteroatoms. The van der Waals surface area contributed by atoms with E-state index in [1.54, 1.807) is 0 Å². The molecule has 2 heterocycles. The van der Waals surface area contributed by atoms with Crippen LogP contribution in [0.15, 0.2) is 92.0 Å². The van der Waals surface area contributed by atoms with Crippen LogP contribution in [0.1, 0.15) is 34.1 Å². The highest BCUT2D eigenvalue weighted by Crippen LogP contribution is 2.52. The molecule has 2 atom stereocenters. The molecular weight excluding hydrogens is 399 g/mol. The molecular formula is C25H22Cl2N2. The minimum Gasteiger partial charge on any atom is -0.265 e. The second-order valence-corrected chi connectivity index (χ2v) is 7.20. The van der Waals surface area contributed by atoms with Crippen molar-refractivity contribution in [3.8, 4) is 0 Å². The van der Waals surface area contributed by atoms with Crippen LogP contribution in [0.2, 0.25) is 0 Å². The number of nitrogens with zero attached hydrogens (tertiary/aromatic N) is 2. The molecule has 29 heavy (non-hydrogen) atoms. The van der Waals surface area contributed by atoms with Crippen LogP contribution in [-0.4, -0.2) is 9.97 Å². The van der Waals surface area contributed by atoms with E-state index < -0.39 is 0 Å². The standard InChI is InChI=1S/C25H20N2.2ClH/c1-17-21-6-2-4-20-5-3-7-22(25(20)21)24(17)23(19-10-14-27-15-11-19)16-18-8-12-26-13-9-18;;/h2-15,23-24H,1,16H2;2*1H. The summed E-state index contributed by atoms with van der Waals surface area (Å²) in [6, 6.07) is 21.7. The van der Waals surface area contributed by atoms with Crippen LogP contribution >= 0.6 is 24.8 Å². The minimum atomic E-state index is 0. The molecule has 0 saturated carbocycles. The maximum Gasteiger partial charge on any atom is 0.0270 e. The van der Waals surface area contributed by atoms with Crippen LogP contribution in [0.25, 0.3) is 16.3 Å². The van der Waals surface area contributed by atoms with Crippen LogP contribution in [0.4, 0.5) is 0 Å². The van der Waals surface area contributed by atoms with Gasteiger partial charge in [0, 0.05) is 30.7 Å². The van der Waals surface area contributed by atoms with Crippen molar-refractivity contribution in [2.24, 2.45) is 0 Å². The van der Waals surface area contributed by atoms with Crippen molar-refractivity contribution < 1.29 is 0 Å². The zero-order chi connectivity index (χ0) is 18.2. The predicted octanol–water partition coefficient (Wildman–Crippen LogP) is 6.61. The zero-order valence-electron chi connectivity index (χ0n) is 15.9. The maximum absolute atomic E-state index is 4.54.